The molecule has 3 heteroatoms. The Kier molecular flexibility index (Phi) is 15.7. The van der Waals surface area contributed by atoms with E-state index < -0.39 is 0 Å². The largest absolute Gasteiger partial charge is 0.358 e. The van der Waals surface area contributed by atoms with Crippen molar-refractivity contribution in [2.45, 2.75) is 53.6 Å². The fraction of sp³-hybridized carbons (Fsp3) is 0.450. The van der Waals surface area contributed by atoms with E-state index in [0.29, 0.717) is 6.04 Å². The molecular formula is C20H32NSY-. The summed E-state index contributed by atoms with van der Waals surface area (Å²) in [6.07, 6.45) is 1.21. The maximum Gasteiger partial charge on any atom is 0.0323 e. The molecule has 0 bridgehead atoms. The first-order valence-electron chi connectivity index (χ1n) is 8.19. The third-order valence-corrected chi connectivity index (χ3v) is 4.69. The summed E-state index contributed by atoms with van der Waals surface area (Å²) < 4.78 is 0. The van der Waals surface area contributed by atoms with Gasteiger partial charge in [0.25, 0.3) is 0 Å². The van der Waals surface area contributed by atoms with Crippen molar-refractivity contribution in [1.82, 2.24) is 4.90 Å². The summed E-state index contributed by atoms with van der Waals surface area (Å²) >= 11 is 1.91. The normalized spacial score (nSPS) is 13.6. The van der Waals surface area contributed by atoms with Gasteiger partial charge in [0, 0.05) is 56.7 Å². The van der Waals surface area contributed by atoms with E-state index in [1.807, 2.05) is 39.0 Å². The SMILES string of the molecule is CC.CC.CC(c1ccccc1)N1CCc2sccc2C1.[CH3-].[Y]. The van der Waals surface area contributed by atoms with Gasteiger partial charge in [0.15, 0.2) is 0 Å². The average Bonchev–Trinajstić information content (AvgIpc) is 3.06. The Hall–Kier alpha value is -0.0161. The van der Waals surface area contributed by atoms with Crippen molar-refractivity contribution in [1.29, 1.82) is 0 Å². The quantitative estimate of drug-likeness (QED) is 0.523. The molecule has 1 atom stereocenters. The van der Waals surface area contributed by atoms with Gasteiger partial charge in [0.2, 0.25) is 0 Å². The molecule has 0 N–H and O–H groups in total. The first-order valence-corrected chi connectivity index (χ1v) is 9.07. The van der Waals surface area contributed by atoms with Crippen LogP contribution in [0.15, 0.2) is 41.8 Å². The van der Waals surface area contributed by atoms with Gasteiger partial charge in [-0.05, 0) is 35.9 Å². The summed E-state index contributed by atoms with van der Waals surface area (Å²) in [7, 11) is 0. The molecule has 0 aliphatic carbocycles. The molecule has 23 heavy (non-hydrogen) atoms. The van der Waals surface area contributed by atoms with E-state index in [1.54, 1.807) is 4.88 Å². The number of hydrogen-bond donors (Lipinski definition) is 0. The Balaban J connectivity index is 0. The van der Waals surface area contributed by atoms with Crippen LogP contribution in [-0.2, 0) is 45.7 Å². The van der Waals surface area contributed by atoms with Crippen molar-refractivity contribution in [2.24, 2.45) is 0 Å². The molecule has 2 heterocycles. The molecule has 127 valence electrons. The van der Waals surface area contributed by atoms with Gasteiger partial charge in [-0.1, -0.05) is 58.0 Å². The first kappa shape index (κ1) is 25.2. The van der Waals surface area contributed by atoms with Gasteiger partial charge < -0.3 is 7.43 Å². The molecule has 1 aromatic heterocycles. The van der Waals surface area contributed by atoms with Crippen molar-refractivity contribution >= 4 is 11.3 Å². The van der Waals surface area contributed by atoms with Crippen LogP contribution in [0.5, 0.6) is 0 Å². The topological polar surface area (TPSA) is 3.24 Å². The van der Waals surface area contributed by atoms with Crippen molar-refractivity contribution in [3.8, 4) is 0 Å². The molecule has 1 aliphatic heterocycles. The number of nitrogens with zero attached hydrogens (tertiary/aromatic N) is 1. The fourth-order valence-electron chi connectivity index (χ4n) is 2.54. The maximum atomic E-state index is 2.57. The fourth-order valence-corrected chi connectivity index (χ4v) is 3.43. The second kappa shape index (κ2) is 14.3. The van der Waals surface area contributed by atoms with E-state index in [0.717, 1.165) is 6.54 Å². The molecule has 0 saturated carbocycles. The molecular weight excluding hydrogens is 375 g/mol. The van der Waals surface area contributed by atoms with Crippen LogP contribution in [0.4, 0.5) is 0 Å². The van der Waals surface area contributed by atoms with Crippen LogP contribution in [0.3, 0.4) is 0 Å². The van der Waals surface area contributed by atoms with E-state index in [1.165, 1.54) is 24.1 Å². The van der Waals surface area contributed by atoms with E-state index >= 15 is 0 Å². The number of fused-ring (bicyclic) bond motifs is 1. The number of hydrogen-bond acceptors (Lipinski definition) is 2. The first-order chi connectivity index (χ1) is 10.3. The zero-order valence-electron chi connectivity index (χ0n) is 15.7. The number of benzene rings is 1. The minimum atomic E-state index is 0. The summed E-state index contributed by atoms with van der Waals surface area (Å²) in [6, 6.07) is 13.6. The number of thiophene rings is 1. The molecule has 0 saturated heterocycles. The Morgan fingerprint density at radius 2 is 1.61 bits per heavy atom. The second-order valence-corrected chi connectivity index (χ2v) is 5.68. The maximum absolute atomic E-state index is 2.57. The zero-order valence-corrected chi connectivity index (χ0v) is 19.3. The summed E-state index contributed by atoms with van der Waals surface area (Å²) in [5, 5.41) is 2.22. The van der Waals surface area contributed by atoms with Gasteiger partial charge in [-0.15, -0.1) is 11.3 Å². The van der Waals surface area contributed by atoms with E-state index in [9.17, 15) is 0 Å². The molecule has 1 radical (unpaired) electrons. The minimum Gasteiger partial charge on any atom is -0.358 e. The van der Waals surface area contributed by atoms with Crippen molar-refractivity contribution < 1.29 is 32.7 Å². The molecule has 1 nitrogen and oxygen atoms in total. The monoisotopic (exact) mass is 407 g/mol. The predicted octanol–water partition coefficient (Wildman–Crippen LogP) is 6.37. The van der Waals surface area contributed by atoms with E-state index in [-0.39, 0.29) is 40.1 Å². The molecule has 1 aromatic carbocycles. The molecule has 0 fully saturated rings. The Morgan fingerprint density at radius 1 is 1.00 bits per heavy atom. The minimum absolute atomic E-state index is 0. The van der Waals surface area contributed by atoms with Crippen molar-refractivity contribution in [3.05, 3.63) is 65.2 Å². The van der Waals surface area contributed by atoms with Gasteiger partial charge in [-0.2, -0.15) is 0 Å². The van der Waals surface area contributed by atoms with Crippen LogP contribution in [0.2, 0.25) is 0 Å². The molecule has 0 amide bonds. The van der Waals surface area contributed by atoms with Gasteiger partial charge in [0.1, 0.15) is 0 Å². The van der Waals surface area contributed by atoms with Crippen LogP contribution < -0.4 is 0 Å². The third kappa shape index (κ3) is 7.17. The van der Waals surface area contributed by atoms with Crippen molar-refractivity contribution in [2.75, 3.05) is 6.54 Å². The molecule has 1 aliphatic rings. The summed E-state index contributed by atoms with van der Waals surface area (Å²) in [5.74, 6) is 0. The van der Waals surface area contributed by atoms with Gasteiger partial charge >= 0.3 is 0 Å². The molecule has 1 unspecified atom stereocenters. The molecule has 2 aromatic rings. The molecule has 3 rings (SSSR count). The summed E-state index contributed by atoms with van der Waals surface area (Å²) in [6.45, 7) is 12.6. The molecule has 0 spiro atoms. The smallest absolute Gasteiger partial charge is 0.0323 e. The Labute approximate surface area is 173 Å². The van der Waals surface area contributed by atoms with Crippen LogP contribution in [0, 0.1) is 7.43 Å². The zero-order chi connectivity index (χ0) is 15.7. The van der Waals surface area contributed by atoms with Crippen LogP contribution >= 0.6 is 11.3 Å². The second-order valence-electron chi connectivity index (χ2n) is 4.68. The third-order valence-electron chi connectivity index (χ3n) is 3.67. The summed E-state index contributed by atoms with van der Waals surface area (Å²) in [4.78, 5) is 4.16. The van der Waals surface area contributed by atoms with E-state index in [2.05, 4.69) is 53.6 Å². The van der Waals surface area contributed by atoms with Crippen LogP contribution in [0.1, 0.15) is 56.7 Å². The average molecular weight is 407 g/mol. The Bertz CT molecular complexity index is 495. The predicted molar refractivity (Wildman–Crippen MR) is 102 cm³/mol. The van der Waals surface area contributed by atoms with Gasteiger partial charge in [-0.25, -0.2) is 0 Å². The summed E-state index contributed by atoms with van der Waals surface area (Å²) in [5.41, 5.74) is 2.95. The van der Waals surface area contributed by atoms with Crippen LogP contribution in [0.25, 0.3) is 0 Å². The number of rotatable bonds is 2. The van der Waals surface area contributed by atoms with Gasteiger partial charge in [0.05, 0.1) is 0 Å². The van der Waals surface area contributed by atoms with Crippen LogP contribution in [-0.4, -0.2) is 11.4 Å². The van der Waals surface area contributed by atoms with Gasteiger partial charge in [-0.3, -0.25) is 4.90 Å². The standard InChI is InChI=1S/C15H17NS.2C2H6.CH3.Y/c1-12(13-5-3-2-4-6-13)16-9-7-15-14(11-16)8-10-17-15;2*1-2;;/h2-6,8,10,12H,7,9,11H2,1H3;2*1-2H3;1H3;/q;;;-1;. The van der Waals surface area contributed by atoms with E-state index in [4.69, 9.17) is 0 Å². The Morgan fingerprint density at radius 3 is 2.22 bits per heavy atom. The van der Waals surface area contributed by atoms with Crippen molar-refractivity contribution in [3.63, 3.8) is 0 Å².